The summed E-state index contributed by atoms with van der Waals surface area (Å²) in [6.07, 6.45) is 0. The van der Waals surface area contributed by atoms with Crippen molar-refractivity contribution in [3.8, 4) is 0 Å². The van der Waals surface area contributed by atoms with Crippen LogP contribution in [0.15, 0.2) is 69.7 Å². The Morgan fingerprint density at radius 2 is 1.55 bits per heavy atom. The van der Waals surface area contributed by atoms with Crippen LogP contribution in [-0.2, 0) is 10.0 Å². The summed E-state index contributed by atoms with van der Waals surface area (Å²) in [4.78, 5) is 0.194. The Balaban J connectivity index is 2.12. The van der Waals surface area contributed by atoms with Gasteiger partial charge in [-0.05, 0) is 43.3 Å². The minimum atomic E-state index is -3.53. The lowest BCUT2D eigenvalue weighted by Crippen LogP contribution is -2.33. The summed E-state index contributed by atoms with van der Waals surface area (Å²) in [5, 5.41) is 8.15. The fourth-order valence-electron chi connectivity index (χ4n) is 1.67. The van der Waals surface area contributed by atoms with Gasteiger partial charge in [0.05, 0.1) is 16.3 Å². The van der Waals surface area contributed by atoms with Crippen LogP contribution in [0.3, 0.4) is 0 Å². The van der Waals surface area contributed by atoms with Gasteiger partial charge in [0, 0.05) is 11.8 Å². The second kappa shape index (κ2) is 7.53. The van der Waals surface area contributed by atoms with E-state index in [1.54, 1.807) is 19.1 Å². The Morgan fingerprint density at radius 1 is 1.00 bits per heavy atom. The van der Waals surface area contributed by atoms with Crippen LogP contribution < -0.4 is 4.72 Å². The molecule has 0 amide bonds. The van der Waals surface area contributed by atoms with Gasteiger partial charge >= 0.3 is 0 Å². The molecule has 1 atom stereocenters. The summed E-state index contributed by atoms with van der Waals surface area (Å²) in [5.74, 6) is 0.433. The molecule has 0 fully saturated rings. The third-order valence-corrected chi connectivity index (χ3v) is 4.97. The first-order valence-corrected chi connectivity index (χ1v) is 8.83. The van der Waals surface area contributed by atoms with Crippen molar-refractivity contribution in [2.24, 2.45) is 10.2 Å². The normalized spacial score (nSPS) is 13.4. The summed E-state index contributed by atoms with van der Waals surface area (Å²) in [5.41, 5.74) is 1.33. The fraction of sp³-hybridized carbons (Fsp3) is 0.200. The maximum absolute atomic E-state index is 12.1. The van der Waals surface area contributed by atoms with Crippen molar-refractivity contribution in [3.63, 3.8) is 0 Å². The average molecular weight is 335 g/mol. The van der Waals surface area contributed by atoms with Crippen molar-refractivity contribution in [2.75, 3.05) is 5.75 Å². The molecule has 0 radical (unpaired) electrons. The van der Waals surface area contributed by atoms with Crippen molar-refractivity contribution in [1.82, 2.24) is 4.72 Å². The van der Waals surface area contributed by atoms with Crippen molar-refractivity contribution in [3.05, 3.63) is 54.6 Å². The number of azo groups is 1. The van der Waals surface area contributed by atoms with Crippen molar-refractivity contribution in [2.45, 2.75) is 17.9 Å². The Bertz CT molecular complexity index is 729. The molecule has 0 saturated heterocycles. The Labute approximate surface area is 135 Å². The Hall–Kier alpha value is -1.70. The SMILES string of the molecule is C[C@H](CS)NS(=O)(=O)c1ccc(N=Nc2ccccc2)cc1. The van der Waals surface area contributed by atoms with Crippen LogP contribution >= 0.6 is 12.6 Å². The zero-order valence-corrected chi connectivity index (χ0v) is 13.8. The molecule has 0 saturated carbocycles. The molecule has 0 aliphatic carbocycles. The predicted molar refractivity (Wildman–Crippen MR) is 90.7 cm³/mol. The van der Waals surface area contributed by atoms with Crippen LogP contribution in [0, 0.1) is 0 Å². The molecule has 5 nitrogen and oxygen atoms in total. The van der Waals surface area contributed by atoms with Crippen molar-refractivity contribution < 1.29 is 8.42 Å². The minimum Gasteiger partial charge on any atom is -0.208 e. The van der Waals surface area contributed by atoms with E-state index in [1.807, 2.05) is 30.3 Å². The second-order valence-electron chi connectivity index (χ2n) is 4.73. The Morgan fingerprint density at radius 3 is 2.09 bits per heavy atom. The number of nitrogens with zero attached hydrogens (tertiary/aromatic N) is 2. The maximum Gasteiger partial charge on any atom is 0.240 e. The zero-order valence-electron chi connectivity index (χ0n) is 12.0. The topological polar surface area (TPSA) is 70.9 Å². The van der Waals surface area contributed by atoms with Crippen LogP contribution in [0.4, 0.5) is 11.4 Å². The molecule has 1 N–H and O–H groups in total. The van der Waals surface area contributed by atoms with Crippen LogP contribution in [0.2, 0.25) is 0 Å². The van der Waals surface area contributed by atoms with E-state index in [9.17, 15) is 8.42 Å². The highest BCUT2D eigenvalue weighted by Crippen LogP contribution is 2.20. The van der Waals surface area contributed by atoms with Gasteiger partial charge in [-0.3, -0.25) is 0 Å². The van der Waals surface area contributed by atoms with Crippen LogP contribution in [0.25, 0.3) is 0 Å². The van der Waals surface area contributed by atoms with Gasteiger partial charge in [0.25, 0.3) is 0 Å². The lowest BCUT2D eigenvalue weighted by atomic mass is 10.3. The highest BCUT2D eigenvalue weighted by Gasteiger charge is 2.16. The molecule has 22 heavy (non-hydrogen) atoms. The molecule has 0 spiro atoms. The highest BCUT2D eigenvalue weighted by molar-refractivity contribution is 7.89. The van der Waals surface area contributed by atoms with Gasteiger partial charge in [0.15, 0.2) is 0 Å². The third kappa shape index (κ3) is 4.66. The highest BCUT2D eigenvalue weighted by atomic mass is 32.2. The molecule has 116 valence electrons. The molecule has 2 aromatic carbocycles. The summed E-state index contributed by atoms with van der Waals surface area (Å²) in [6, 6.07) is 15.3. The number of thiol groups is 1. The standard InChI is InChI=1S/C15H17N3O2S2/c1-12(11-21)18-22(19,20)15-9-7-14(8-10-15)17-16-13-5-3-2-4-6-13/h2-10,12,18,21H,11H2,1H3/t12-/m1/s1. The number of benzene rings is 2. The molecule has 0 heterocycles. The van der Waals surface area contributed by atoms with E-state index in [4.69, 9.17) is 0 Å². The average Bonchev–Trinajstić information content (AvgIpc) is 2.54. The van der Waals surface area contributed by atoms with E-state index >= 15 is 0 Å². The summed E-state index contributed by atoms with van der Waals surface area (Å²) in [7, 11) is -3.53. The van der Waals surface area contributed by atoms with Crippen LogP contribution in [0.5, 0.6) is 0 Å². The van der Waals surface area contributed by atoms with Gasteiger partial charge in [-0.15, -0.1) is 0 Å². The van der Waals surface area contributed by atoms with E-state index < -0.39 is 10.0 Å². The fourth-order valence-corrected chi connectivity index (χ4v) is 3.13. The molecule has 0 aromatic heterocycles. The van der Waals surface area contributed by atoms with Gasteiger partial charge in [0.1, 0.15) is 0 Å². The number of hydrogen-bond donors (Lipinski definition) is 2. The number of nitrogens with one attached hydrogen (secondary N) is 1. The quantitative estimate of drug-likeness (QED) is 0.624. The van der Waals surface area contributed by atoms with Gasteiger partial charge in [-0.1, -0.05) is 18.2 Å². The number of rotatable bonds is 6. The van der Waals surface area contributed by atoms with Crippen molar-refractivity contribution in [1.29, 1.82) is 0 Å². The summed E-state index contributed by atoms with van der Waals surface area (Å²) < 4.78 is 26.7. The number of sulfonamides is 1. The first kappa shape index (κ1) is 16.7. The first-order valence-electron chi connectivity index (χ1n) is 6.71. The second-order valence-corrected chi connectivity index (χ2v) is 6.81. The van der Waals surface area contributed by atoms with Gasteiger partial charge in [-0.2, -0.15) is 22.9 Å². The zero-order chi connectivity index (χ0) is 16.0. The predicted octanol–water partition coefficient (Wildman–Crippen LogP) is 3.70. The van der Waals surface area contributed by atoms with E-state index in [-0.39, 0.29) is 10.9 Å². The monoisotopic (exact) mass is 335 g/mol. The number of hydrogen-bond acceptors (Lipinski definition) is 5. The lowest BCUT2D eigenvalue weighted by Gasteiger charge is -2.11. The van der Waals surface area contributed by atoms with E-state index in [0.29, 0.717) is 11.4 Å². The lowest BCUT2D eigenvalue weighted by molar-refractivity contribution is 0.571. The van der Waals surface area contributed by atoms with Crippen LogP contribution in [-0.4, -0.2) is 20.2 Å². The van der Waals surface area contributed by atoms with E-state index in [2.05, 4.69) is 27.6 Å². The maximum atomic E-state index is 12.1. The largest absolute Gasteiger partial charge is 0.240 e. The molecule has 7 heteroatoms. The molecule has 0 bridgehead atoms. The molecule has 0 aliphatic heterocycles. The van der Waals surface area contributed by atoms with Crippen LogP contribution in [0.1, 0.15) is 6.92 Å². The molecule has 2 aromatic rings. The van der Waals surface area contributed by atoms with Gasteiger partial charge in [0.2, 0.25) is 10.0 Å². The molecular formula is C15H17N3O2S2. The minimum absolute atomic E-state index is 0.194. The van der Waals surface area contributed by atoms with Gasteiger partial charge in [-0.25, -0.2) is 13.1 Å². The van der Waals surface area contributed by atoms with Crippen molar-refractivity contribution >= 4 is 34.0 Å². The first-order chi connectivity index (χ1) is 10.5. The summed E-state index contributed by atoms with van der Waals surface area (Å²) in [6.45, 7) is 1.76. The molecular weight excluding hydrogens is 318 g/mol. The molecule has 0 aliphatic rings. The molecule has 2 rings (SSSR count). The van der Waals surface area contributed by atoms with Gasteiger partial charge < -0.3 is 0 Å². The van der Waals surface area contributed by atoms with E-state index in [1.165, 1.54) is 12.1 Å². The summed E-state index contributed by atoms with van der Waals surface area (Å²) >= 11 is 4.06. The smallest absolute Gasteiger partial charge is 0.208 e. The molecule has 0 unspecified atom stereocenters. The van der Waals surface area contributed by atoms with E-state index in [0.717, 1.165) is 5.69 Å². The third-order valence-electron chi connectivity index (χ3n) is 2.81. The Kier molecular flexibility index (Phi) is 5.70.